The van der Waals surface area contributed by atoms with Crippen LogP contribution in [0.25, 0.3) is 0 Å². The van der Waals surface area contributed by atoms with Crippen LogP contribution in [0.15, 0.2) is 15.8 Å². The van der Waals surface area contributed by atoms with Crippen molar-refractivity contribution < 1.29 is 18.9 Å². The predicted octanol–water partition coefficient (Wildman–Crippen LogP) is 0.487. The van der Waals surface area contributed by atoms with Crippen molar-refractivity contribution in [2.75, 3.05) is 6.61 Å². The first-order valence-electron chi connectivity index (χ1n) is 6.20. The van der Waals surface area contributed by atoms with Crippen LogP contribution in [0.1, 0.15) is 25.1 Å². The van der Waals surface area contributed by atoms with Gasteiger partial charge in [-0.25, -0.2) is 4.79 Å². The van der Waals surface area contributed by atoms with Crippen molar-refractivity contribution in [2.45, 2.75) is 38.2 Å². The lowest BCUT2D eigenvalue weighted by molar-refractivity contribution is -0.111. The third-order valence-corrected chi connectivity index (χ3v) is 4.21. The van der Waals surface area contributed by atoms with Gasteiger partial charge < -0.3 is 9.84 Å². The fourth-order valence-corrected chi connectivity index (χ4v) is 3.11. The topological polar surface area (TPSA) is 111 Å². The largest absolute Gasteiger partial charge is 0.582 e. The van der Waals surface area contributed by atoms with E-state index < -0.39 is 36.4 Å². The van der Waals surface area contributed by atoms with Gasteiger partial charge in [0.1, 0.15) is 30.2 Å². The minimum absolute atomic E-state index is 0.198. The van der Waals surface area contributed by atoms with Crippen LogP contribution in [0.4, 0.5) is 0 Å². The molecule has 1 aromatic rings. The van der Waals surface area contributed by atoms with Crippen molar-refractivity contribution >= 4 is 19.5 Å². The molecule has 0 bridgehead atoms. The highest BCUT2D eigenvalue weighted by Crippen LogP contribution is 2.43. The summed E-state index contributed by atoms with van der Waals surface area (Å²) in [6, 6.07) is 0. The molecule has 0 aliphatic carbocycles. The molecule has 0 saturated carbocycles. The minimum atomic E-state index is -2.17. The number of ether oxygens (including phenoxy) is 1. The number of aryl methyl sites for hydroxylation is 1. The van der Waals surface area contributed by atoms with Crippen LogP contribution in [0, 0.1) is 6.92 Å². The Morgan fingerprint density at radius 1 is 1.67 bits per heavy atom. The van der Waals surface area contributed by atoms with Gasteiger partial charge in [0.05, 0.1) is 6.61 Å². The zero-order chi connectivity index (χ0) is 15.8. The summed E-state index contributed by atoms with van der Waals surface area (Å²) in [7, 11) is -2.17. The number of hydrogen-bond acceptors (Lipinski definition) is 6. The molecule has 0 spiro atoms. The van der Waals surface area contributed by atoms with Crippen molar-refractivity contribution in [1.82, 2.24) is 9.55 Å². The van der Waals surface area contributed by atoms with E-state index >= 15 is 0 Å². The molecule has 1 saturated heterocycles. The van der Waals surface area contributed by atoms with E-state index in [0.29, 0.717) is 5.56 Å². The zero-order valence-electron chi connectivity index (χ0n) is 11.5. The molecule has 1 fully saturated rings. The first-order chi connectivity index (χ1) is 9.76. The summed E-state index contributed by atoms with van der Waals surface area (Å²) in [5.74, 6) is 0. The molecule has 2 unspecified atom stereocenters. The number of H-pyrrole nitrogens is 1. The molecule has 8 nitrogen and oxygen atoms in total. The second-order valence-corrected chi connectivity index (χ2v) is 6.76. The van der Waals surface area contributed by atoms with Crippen LogP contribution in [0.3, 0.4) is 0 Å². The number of thiol groups is 1. The van der Waals surface area contributed by atoms with Crippen LogP contribution in [-0.4, -0.2) is 33.0 Å². The molecule has 1 aliphatic rings. The van der Waals surface area contributed by atoms with Crippen molar-refractivity contribution in [1.29, 1.82) is 0 Å². The summed E-state index contributed by atoms with van der Waals surface area (Å²) in [5, 5.41) is 9.47. The summed E-state index contributed by atoms with van der Waals surface area (Å²) in [6.07, 6.45) is 0.155. The third kappa shape index (κ3) is 3.27. The summed E-state index contributed by atoms with van der Waals surface area (Å²) < 4.78 is 23.2. The van der Waals surface area contributed by atoms with E-state index in [2.05, 4.69) is 17.2 Å². The average molecular weight is 335 g/mol. The van der Waals surface area contributed by atoms with E-state index in [1.807, 2.05) is 0 Å². The van der Waals surface area contributed by atoms with Gasteiger partial charge in [-0.1, -0.05) is 0 Å². The quantitative estimate of drug-likeness (QED) is 0.545. The molecule has 21 heavy (non-hydrogen) atoms. The summed E-state index contributed by atoms with van der Waals surface area (Å²) in [5.41, 5.74) is -1.84. The van der Waals surface area contributed by atoms with Gasteiger partial charge in [-0.2, -0.15) is 0 Å². The van der Waals surface area contributed by atoms with Crippen LogP contribution in [-0.2, 0) is 13.8 Å². The maximum absolute atomic E-state index is 11.9. The van der Waals surface area contributed by atoms with E-state index in [9.17, 15) is 19.3 Å². The van der Waals surface area contributed by atoms with Gasteiger partial charge in [0.15, 0.2) is 0 Å². The zero-order valence-corrected chi connectivity index (χ0v) is 13.3. The predicted molar refractivity (Wildman–Crippen MR) is 77.8 cm³/mol. The van der Waals surface area contributed by atoms with Crippen molar-refractivity contribution in [3.63, 3.8) is 0 Å². The number of nitrogens with one attached hydrogen (secondary N) is 1. The molecule has 10 heteroatoms. The molecule has 4 atom stereocenters. The number of rotatable bonds is 4. The third-order valence-electron chi connectivity index (χ3n) is 3.49. The molecule has 0 amide bonds. The van der Waals surface area contributed by atoms with Crippen LogP contribution < -0.4 is 11.2 Å². The van der Waals surface area contributed by atoms with Gasteiger partial charge in [0, 0.05) is 18.2 Å². The minimum Gasteiger partial charge on any atom is -0.393 e. The number of aromatic nitrogens is 2. The van der Waals surface area contributed by atoms with Gasteiger partial charge in [-0.15, -0.1) is 4.52 Å². The number of nitrogens with zero attached hydrogens (tertiary/aromatic N) is 1. The Hall–Kier alpha value is -0.990. The fourth-order valence-electron chi connectivity index (χ4n) is 2.24. The summed E-state index contributed by atoms with van der Waals surface area (Å²) in [4.78, 5) is 25.4. The smallest absolute Gasteiger partial charge is 0.393 e. The first kappa shape index (κ1) is 16.4. The highest BCUT2D eigenvalue weighted by molar-refractivity contribution is 8.39. The maximum Gasteiger partial charge on any atom is 0.582 e. The van der Waals surface area contributed by atoms with Gasteiger partial charge in [0.25, 0.3) is 5.56 Å². The highest BCUT2D eigenvalue weighted by Gasteiger charge is 2.50. The van der Waals surface area contributed by atoms with E-state index in [4.69, 9.17) is 9.26 Å². The number of aliphatic hydroxyl groups excluding tert-OH is 1. The van der Waals surface area contributed by atoms with Gasteiger partial charge >= 0.3 is 12.9 Å². The Labute approximate surface area is 126 Å². The van der Waals surface area contributed by atoms with E-state index in [-0.39, 0.29) is 13.0 Å². The van der Waals surface area contributed by atoms with Crippen molar-refractivity contribution in [2.24, 2.45) is 0 Å². The van der Waals surface area contributed by atoms with E-state index in [1.165, 1.54) is 10.8 Å². The monoisotopic (exact) mass is 335 g/mol. The molecule has 0 radical (unpaired) electrons. The lowest BCUT2D eigenvalue weighted by atomic mass is 10.0. The molecule has 2 N–H and O–H groups in total. The summed E-state index contributed by atoms with van der Waals surface area (Å²) in [6.45, 7) is 2.78. The normalized spacial score (nSPS) is 29.6. The van der Waals surface area contributed by atoms with Crippen molar-refractivity contribution in [3.05, 3.63) is 32.6 Å². The van der Waals surface area contributed by atoms with Crippen LogP contribution >= 0.6 is 19.5 Å². The average Bonchev–Trinajstić information content (AvgIpc) is 2.71. The van der Waals surface area contributed by atoms with E-state index in [0.717, 1.165) is 0 Å². The maximum atomic E-state index is 11.9. The molecule has 2 heterocycles. The molecule has 1 aliphatic heterocycles. The SMILES string of the molecule is Cc1cn([C@H]2CC(O[P+](=O)S)[C@@](C)(CO)O2)c(=O)[nH]c1=O. The Morgan fingerprint density at radius 3 is 2.90 bits per heavy atom. The molecule has 0 aromatic carbocycles. The summed E-state index contributed by atoms with van der Waals surface area (Å²) >= 11 is 3.69. The Morgan fingerprint density at radius 2 is 2.33 bits per heavy atom. The first-order valence-corrected chi connectivity index (χ1v) is 8.53. The molecule has 2 rings (SSSR count). The Kier molecular flexibility index (Phi) is 4.69. The Bertz CT molecular complexity index is 673. The van der Waals surface area contributed by atoms with Crippen molar-refractivity contribution in [3.8, 4) is 0 Å². The highest BCUT2D eigenvalue weighted by atomic mass is 32.7. The second-order valence-electron chi connectivity index (χ2n) is 5.09. The Balaban J connectivity index is 2.35. The lowest BCUT2D eigenvalue weighted by Gasteiger charge is -2.24. The van der Waals surface area contributed by atoms with Crippen LogP contribution in [0.2, 0.25) is 0 Å². The van der Waals surface area contributed by atoms with E-state index in [1.54, 1.807) is 13.8 Å². The van der Waals surface area contributed by atoms with Gasteiger partial charge in [-0.3, -0.25) is 14.3 Å². The van der Waals surface area contributed by atoms with Crippen LogP contribution in [0.5, 0.6) is 0 Å². The molecular weight excluding hydrogens is 319 g/mol. The fraction of sp³-hybridized carbons (Fsp3) is 0.636. The van der Waals surface area contributed by atoms with Gasteiger partial charge in [-0.05, 0) is 18.4 Å². The molecule has 1 aromatic heterocycles. The standard InChI is InChI=1S/C11H15N2O6PS/c1-6-4-13(10(16)12-9(6)15)8-3-7(19-20(17)21)11(2,5-14)18-8/h4,7-8,14H,3,5H2,1-2H3,(H-,12,15,16,17,21)/p+1/t7?,8-,11-/m1/s1. The number of aliphatic hydroxyl groups is 1. The number of aromatic amines is 1. The van der Waals surface area contributed by atoms with Gasteiger partial charge in [0.2, 0.25) is 0 Å². The lowest BCUT2D eigenvalue weighted by Crippen LogP contribution is -2.40. The molecule has 116 valence electrons. The molecular formula is C11H16N2O6PS+. The number of hydrogen-bond donors (Lipinski definition) is 3. The second kappa shape index (κ2) is 6.02.